The van der Waals surface area contributed by atoms with Crippen LogP contribution in [0.2, 0.25) is 0 Å². The van der Waals surface area contributed by atoms with Crippen molar-refractivity contribution in [2.45, 2.75) is 0 Å². The summed E-state index contributed by atoms with van der Waals surface area (Å²) >= 11 is 0. The summed E-state index contributed by atoms with van der Waals surface area (Å²) in [6.45, 7) is 0. The van der Waals surface area contributed by atoms with Crippen LogP contribution >= 0.6 is 0 Å². The SMILES string of the molecule is COC(=O)c1cc(-c2ccccc2)cnn1. The Morgan fingerprint density at radius 3 is 2.62 bits per heavy atom. The van der Waals surface area contributed by atoms with E-state index >= 15 is 0 Å². The number of hydrogen-bond acceptors (Lipinski definition) is 4. The van der Waals surface area contributed by atoms with E-state index in [4.69, 9.17) is 0 Å². The van der Waals surface area contributed by atoms with Gasteiger partial charge in [-0.25, -0.2) is 4.79 Å². The zero-order chi connectivity index (χ0) is 11.4. The lowest BCUT2D eigenvalue weighted by Gasteiger charge is -2.02. The molecule has 0 aliphatic carbocycles. The first-order valence-electron chi connectivity index (χ1n) is 4.78. The van der Waals surface area contributed by atoms with E-state index in [2.05, 4.69) is 14.9 Å². The third kappa shape index (κ3) is 2.06. The van der Waals surface area contributed by atoms with E-state index in [1.807, 2.05) is 30.3 Å². The molecule has 0 saturated carbocycles. The first kappa shape index (κ1) is 10.3. The molecule has 1 aromatic carbocycles. The van der Waals surface area contributed by atoms with Crippen LogP contribution in [0.4, 0.5) is 0 Å². The van der Waals surface area contributed by atoms with Crippen LogP contribution in [0.3, 0.4) is 0 Å². The zero-order valence-electron chi connectivity index (χ0n) is 8.75. The predicted octanol–water partition coefficient (Wildman–Crippen LogP) is 1.93. The average molecular weight is 214 g/mol. The van der Waals surface area contributed by atoms with Gasteiger partial charge >= 0.3 is 5.97 Å². The highest BCUT2D eigenvalue weighted by Gasteiger charge is 2.09. The fourth-order valence-electron chi connectivity index (χ4n) is 1.36. The molecule has 0 atom stereocenters. The van der Waals surface area contributed by atoms with E-state index in [0.717, 1.165) is 11.1 Å². The number of carbonyl (C=O) groups is 1. The molecule has 1 heterocycles. The van der Waals surface area contributed by atoms with Crippen molar-refractivity contribution < 1.29 is 9.53 Å². The summed E-state index contributed by atoms with van der Waals surface area (Å²) in [4.78, 5) is 11.3. The number of esters is 1. The molecule has 0 saturated heterocycles. The molecule has 80 valence electrons. The number of methoxy groups -OCH3 is 1. The second-order valence-electron chi connectivity index (χ2n) is 3.19. The third-order valence-electron chi connectivity index (χ3n) is 2.16. The van der Waals surface area contributed by atoms with Crippen LogP contribution in [-0.4, -0.2) is 23.3 Å². The van der Waals surface area contributed by atoms with Crippen molar-refractivity contribution in [1.82, 2.24) is 10.2 Å². The van der Waals surface area contributed by atoms with Crippen LogP contribution < -0.4 is 0 Å². The Kier molecular flexibility index (Phi) is 2.91. The van der Waals surface area contributed by atoms with Crippen LogP contribution in [0, 0.1) is 0 Å². The Morgan fingerprint density at radius 2 is 1.94 bits per heavy atom. The van der Waals surface area contributed by atoms with Gasteiger partial charge in [0.2, 0.25) is 0 Å². The Hall–Kier alpha value is -2.23. The van der Waals surface area contributed by atoms with Crippen molar-refractivity contribution in [1.29, 1.82) is 0 Å². The van der Waals surface area contributed by atoms with Gasteiger partial charge in [-0.2, -0.15) is 5.10 Å². The number of aromatic nitrogens is 2. The van der Waals surface area contributed by atoms with E-state index < -0.39 is 5.97 Å². The first-order chi connectivity index (χ1) is 7.81. The van der Waals surface area contributed by atoms with E-state index in [1.165, 1.54) is 7.11 Å². The van der Waals surface area contributed by atoms with Crippen molar-refractivity contribution >= 4 is 5.97 Å². The van der Waals surface area contributed by atoms with Gasteiger partial charge in [0.05, 0.1) is 13.3 Å². The Morgan fingerprint density at radius 1 is 1.19 bits per heavy atom. The lowest BCUT2D eigenvalue weighted by Crippen LogP contribution is -2.05. The molecule has 0 N–H and O–H groups in total. The fourth-order valence-corrected chi connectivity index (χ4v) is 1.36. The minimum Gasteiger partial charge on any atom is -0.464 e. The van der Waals surface area contributed by atoms with Gasteiger partial charge < -0.3 is 4.74 Å². The minimum absolute atomic E-state index is 0.212. The molecule has 0 radical (unpaired) electrons. The van der Waals surface area contributed by atoms with Gasteiger partial charge in [0.1, 0.15) is 0 Å². The van der Waals surface area contributed by atoms with Crippen LogP contribution in [0.1, 0.15) is 10.5 Å². The molecule has 0 spiro atoms. The summed E-state index contributed by atoms with van der Waals surface area (Å²) in [6, 6.07) is 11.3. The third-order valence-corrected chi connectivity index (χ3v) is 2.16. The largest absolute Gasteiger partial charge is 0.464 e. The summed E-state index contributed by atoms with van der Waals surface area (Å²) in [5.41, 5.74) is 2.04. The molecule has 2 aromatic rings. The van der Waals surface area contributed by atoms with E-state index in [9.17, 15) is 4.79 Å². The summed E-state index contributed by atoms with van der Waals surface area (Å²) in [7, 11) is 1.32. The van der Waals surface area contributed by atoms with Crippen molar-refractivity contribution in [2.75, 3.05) is 7.11 Å². The fraction of sp³-hybridized carbons (Fsp3) is 0.0833. The van der Waals surface area contributed by atoms with Gasteiger partial charge in [-0.3, -0.25) is 0 Å². The number of benzene rings is 1. The normalized spacial score (nSPS) is 9.81. The monoisotopic (exact) mass is 214 g/mol. The van der Waals surface area contributed by atoms with Crippen LogP contribution in [0.15, 0.2) is 42.6 Å². The molecule has 1 aromatic heterocycles. The molecular formula is C12H10N2O2. The average Bonchev–Trinajstić information content (AvgIpc) is 2.39. The molecule has 0 bridgehead atoms. The van der Waals surface area contributed by atoms with Gasteiger partial charge in [0, 0.05) is 5.56 Å². The molecule has 4 heteroatoms. The molecule has 0 amide bonds. The molecule has 2 rings (SSSR count). The van der Waals surface area contributed by atoms with Crippen LogP contribution in [0.5, 0.6) is 0 Å². The smallest absolute Gasteiger partial charge is 0.358 e. The highest BCUT2D eigenvalue weighted by molar-refractivity contribution is 5.88. The lowest BCUT2D eigenvalue weighted by molar-refractivity contribution is 0.0592. The maximum atomic E-state index is 11.3. The van der Waals surface area contributed by atoms with Gasteiger partial charge in [-0.05, 0) is 11.6 Å². The molecule has 0 fully saturated rings. The number of nitrogens with zero attached hydrogens (tertiary/aromatic N) is 2. The number of hydrogen-bond donors (Lipinski definition) is 0. The van der Waals surface area contributed by atoms with Crippen molar-refractivity contribution in [2.24, 2.45) is 0 Å². The highest BCUT2D eigenvalue weighted by atomic mass is 16.5. The summed E-state index contributed by atoms with van der Waals surface area (Å²) in [5, 5.41) is 7.49. The predicted molar refractivity (Wildman–Crippen MR) is 58.8 cm³/mol. The number of carbonyl (C=O) groups excluding carboxylic acids is 1. The lowest BCUT2D eigenvalue weighted by atomic mass is 10.1. The van der Waals surface area contributed by atoms with E-state index in [0.29, 0.717) is 0 Å². The quantitative estimate of drug-likeness (QED) is 0.717. The summed E-state index contributed by atoms with van der Waals surface area (Å²) in [6.07, 6.45) is 1.61. The molecule has 16 heavy (non-hydrogen) atoms. The second kappa shape index (κ2) is 4.53. The van der Waals surface area contributed by atoms with Crippen LogP contribution in [-0.2, 0) is 4.74 Å². The molecule has 0 aliphatic rings. The van der Waals surface area contributed by atoms with Gasteiger partial charge in [0.15, 0.2) is 5.69 Å². The zero-order valence-corrected chi connectivity index (χ0v) is 8.75. The van der Waals surface area contributed by atoms with E-state index in [1.54, 1.807) is 12.3 Å². The first-order valence-corrected chi connectivity index (χ1v) is 4.78. The maximum Gasteiger partial charge on any atom is 0.358 e. The van der Waals surface area contributed by atoms with Gasteiger partial charge in [-0.15, -0.1) is 5.10 Å². The number of rotatable bonds is 2. The van der Waals surface area contributed by atoms with Gasteiger partial charge in [0.25, 0.3) is 0 Å². The number of ether oxygens (including phenoxy) is 1. The van der Waals surface area contributed by atoms with Gasteiger partial charge in [-0.1, -0.05) is 30.3 Å². The topological polar surface area (TPSA) is 52.1 Å². The van der Waals surface area contributed by atoms with Crippen LogP contribution in [0.25, 0.3) is 11.1 Å². The molecule has 4 nitrogen and oxygen atoms in total. The standard InChI is InChI=1S/C12H10N2O2/c1-16-12(15)11-7-10(8-13-14-11)9-5-3-2-4-6-9/h2-8H,1H3. The maximum absolute atomic E-state index is 11.3. The van der Waals surface area contributed by atoms with E-state index in [-0.39, 0.29) is 5.69 Å². The summed E-state index contributed by atoms with van der Waals surface area (Å²) in [5.74, 6) is -0.481. The minimum atomic E-state index is -0.481. The second-order valence-corrected chi connectivity index (χ2v) is 3.19. The molecular weight excluding hydrogens is 204 g/mol. The Bertz CT molecular complexity index is 497. The van der Waals surface area contributed by atoms with Crippen molar-refractivity contribution in [3.05, 3.63) is 48.3 Å². The summed E-state index contributed by atoms with van der Waals surface area (Å²) < 4.78 is 4.59. The highest BCUT2D eigenvalue weighted by Crippen LogP contribution is 2.17. The molecule has 0 aliphatic heterocycles. The Balaban J connectivity index is 2.40. The molecule has 0 unspecified atom stereocenters. The van der Waals surface area contributed by atoms with Crippen molar-refractivity contribution in [3.63, 3.8) is 0 Å². The van der Waals surface area contributed by atoms with Crippen molar-refractivity contribution in [3.8, 4) is 11.1 Å². The Labute approximate surface area is 92.9 Å².